The maximum atomic E-state index is 14.4. The summed E-state index contributed by atoms with van der Waals surface area (Å²) in [6.07, 6.45) is 0.449. The fraction of sp³-hybridized carbons (Fsp3) is 0.171. The van der Waals surface area contributed by atoms with Gasteiger partial charge in [0.05, 0.1) is 23.6 Å². The zero-order chi connectivity index (χ0) is 29.0. The third-order valence-electron chi connectivity index (χ3n) is 8.76. The molecule has 2 fully saturated rings. The molecular weight excluding hydrogens is 548 g/mol. The van der Waals surface area contributed by atoms with Gasteiger partial charge in [-0.2, -0.15) is 0 Å². The van der Waals surface area contributed by atoms with Crippen LogP contribution in [0.2, 0.25) is 5.02 Å². The van der Waals surface area contributed by atoms with E-state index in [4.69, 9.17) is 11.6 Å². The number of hydrogen-bond acceptors (Lipinski definition) is 3. The first-order chi connectivity index (χ1) is 20.4. The van der Waals surface area contributed by atoms with Crippen LogP contribution in [0.4, 0.5) is 0 Å². The highest BCUT2D eigenvalue weighted by atomic mass is 35.5. The lowest BCUT2D eigenvalue weighted by atomic mass is 9.84. The minimum atomic E-state index is -1.61. The predicted octanol–water partition coefficient (Wildman–Crippen LogP) is 5.84. The van der Waals surface area contributed by atoms with Gasteiger partial charge in [-0.15, -0.1) is 0 Å². The number of carbonyl (C=O) groups excluding carboxylic acids is 2. The average molecular weight is 575 g/mol. The van der Waals surface area contributed by atoms with Crippen LogP contribution in [0.5, 0.6) is 0 Å². The standard InChI is InChI=1S/C35H27ClN2O4/c36-26-18-16-25(17-19-26)29(22-10-4-1-5-11-22)32(39)37-21-27-20-28-31(35(28,37)34(41)42)38(27)33(40)30(23-12-6-2-7-13-23)24-14-8-3-9-15-24/h1-19,27,29-30H,20-21H2,(H,41,42)/t27-,29?,35+/m0/s1. The SMILES string of the molecule is O=C(C(c1ccccc1)c1ccccc1)N1C2=C3C[C@H]1CN(C(=O)C(c1ccccc1)c1ccc(Cl)cc1)[C@]32C(=O)O. The summed E-state index contributed by atoms with van der Waals surface area (Å²) in [5, 5.41) is 11.2. The fourth-order valence-electron chi connectivity index (χ4n) is 6.90. The zero-order valence-corrected chi connectivity index (χ0v) is 23.3. The van der Waals surface area contributed by atoms with Crippen LogP contribution in [0.3, 0.4) is 0 Å². The first kappa shape index (κ1) is 26.2. The number of amides is 2. The van der Waals surface area contributed by atoms with Gasteiger partial charge < -0.3 is 14.9 Å². The normalized spacial score (nSPS) is 21.0. The van der Waals surface area contributed by atoms with E-state index in [0.29, 0.717) is 22.7 Å². The van der Waals surface area contributed by atoms with Gasteiger partial charge >= 0.3 is 5.97 Å². The van der Waals surface area contributed by atoms with Crippen LogP contribution in [0.25, 0.3) is 0 Å². The van der Waals surface area contributed by atoms with Gasteiger partial charge in [0.25, 0.3) is 0 Å². The number of carbonyl (C=O) groups is 3. The number of halogens is 1. The molecule has 2 saturated heterocycles. The topological polar surface area (TPSA) is 77.9 Å². The Morgan fingerprint density at radius 3 is 1.62 bits per heavy atom. The molecule has 0 saturated carbocycles. The summed E-state index contributed by atoms with van der Waals surface area (Å²) in [5.74, 6) is -2.92. The predicted molar refractivity (Wildman–Crippen MR) is 159 cm³/mol. The van der Waals surface area contributed by atoms with E-state index in [1.807, 2.05) is 91.0 Å². The van der Waals surface area contributed by atoms with Crippen LogP contribution in [0, 0.1) is 0 Å². The Morgan fingerprint density at radius 2 is 1.14 bits per heavy atom. The molecule has 3 atom stereocenters. The number of nitrogens with zero attached hydrogens (tertiary/aromatic N) is 2. The number of benzene rings is 4. The number of fused-ring (bicyclic) bond motifs is 1. The molecule has 8 rings (SSSR count). The molecule has 2 amide bonds. The summed E-state index contributed by atoms with van der Waals surface area (Å²) in [4.78, 5) is 45.1. The van der Waals surface area contributed by atoms with Gasteiger partial charge in [-0.3, -0.25) is 9.59 Å². The summed E-state index contributed by atoms with van der Waals surface area (Å²) >= 11 is 6.15. The monoisotopic (exact) mass is 574 g/mol. The minimum Gasteiger partial charge on any atom is -0.479 e. The van der Waals surface area contributed by atoms with E-state index in [0.717, 1.165) is 22.3 Å². The van der Waals surface area contributed by atoms with Crippen LogP contribution in [0.15, 0.2) is 127 Å². The van der Waals surface area contributed by atoms with Gasteiger partial charge in [0, 0.05) is 11.6 Å². The molecule has 3 aliphatic heterocycles. The molecule has 0 spiro atoms. The highest BCUT2D eigenvalue weighted by Gasteiger charge is 2.76. The molecule has 7 heteroatoms. The van der Waals surface area contributed by atoms with Crippen molar-refractivity contribution in [3.8, 4) is 0 Å². The van der Waals surface area contributed by atoms with E-state index >= 15 is 0 Å². The third-order valence-corrected chi connectivity index (χ3v) is 9.01. The maximum Gasteiger partial charge on any atom is 0.340 e. The minimum absolute atomic E-state index is 0.136. The Bertz CT molecular complexity index is 1680. The fourth-order valence-corrected chi connectivity index (χ4v) is 7.02. The molecule has 1 N–H and O–H groups in total. The second kappa shape index (κ2) is 10.00. The molecule has 1 aliphatic carbocycles. The van der Waals surface area contributed by atoms with Gasteiger partial charge in [0.1, 0.15) is 0 Å². The number of aliphatic carboxylic acids is 1. The van der Waals surface area contributed by atoms with Gasteiger partial charge in [0.15, 0.2) is 0 Å². The molecule has 0 radical (unpaired) electrons. The van der Waals surface area contributed by atoms with Crippen molar-refractivity contribution in [1.29, 1.82) is 0 Å². The molecule has 1 unspecified atom stereocenters. The number of piperazine rings is 1. The lowest BCUT2D eigenvalue weighted by molar-refractivity contribution is -0.159. The molecule has 3 heterocycles. The molecule has 6 nitrogen and oxygen atoms in total. The highest BCUT2D eigenvalue weighted by molar-refractivity contribution is 6.30. The van der Waals surface area contributed by atoms with Crippen molar-refractivity contribution < 1.29 is 19.5 Å². The molecule has 4 bridgehead atoms. The van der Waals surface area contributed by atoms with E-state index in [9.17, 15) is 19.5 Å². The second-order valence-corrected chi connectivity index (χ2v) is 11.4. The number of carboxylic acids is 1. The van der Waals surface area contributed by atoms with Gasteiger partial charge in [-0.25, -0.2) is 4.79 Å². The smallest absolute Gasteiger partial charge is 0.340 e. The van der Waals surface area contributed by atoms with Crippen LogP contribution < -0.4 is 0 Å². The summed E-state index contributed by atoms with van der Waals surface area (Å²) in [6, 6.07) is 35.2. The van der Waals surface area contributed by atoms with Crippen molar-refractivity contribution in [3.63, 3.8) is 0 Å². The van der Waals surface area contributed by atoms with Gasteiger partial charge in [-0.05, 0) is 46.4 Å². The van der Waals surface area contributed by atoms with Crippen LogP contribution in [0.1, 0.15) is 40.5 Å². The summed E-state index contributed by atoms with van der Waals surface area (Å²) < 4.78 is 0. The van der Waals surface area contributed by atoms with E-state index in [1.165, 1.54) is 4.90 Å². The number of hydrogen-bond donors (Lipinski definition) is 1. The first-order valence-corrected chi connectivity index (χ1v) is 14.3. The van der Waals surface area contributed by atoms with Crippen LogP contribution in [-0.4, -0.2) is 50.8 Å². The van der Waals surface area contributed by atoms with Crippen molar-refractivity contribution >= 4 is 29.4 Å². The van der Waals surface area contributed by atoms with E-state index < -0.39 is 23.3 Å². The molecular formula is C35H27ClN2O4. The third kappa shape index (κ3) is 3.90. The van der Waals surface area contributed by atoms with E-state index in [1.54, 1.807) is 29.2 Å². The maximum absolute atomic E-state index is 14.4. The number of rotatable bonds is 7. The Hall–Kier alpha value is -4.68. The lowest BCUT2D eigenvalue weighted by Gasteiger charge is -2.48. The van der Waals surface area contributed by atoms with Crippen molar-refractivity contribution in [3.05, 3.63) is 154 Å². The van der Waals surface area contributed by atoms with Crippen molar-refractivity contribution in [1.82, 2.24) is 9.80 Å². The molecule has 0 aromatic heterocycles. The lowest BCUT2D eigenvalue weighted by Crippen LogP contribution is -2.65. The molecule has 208 valence electrons. The Kier molecular flexibility index (Phi) is 6.24. The van der Waals surface area contributed by atoms with E-state index in [2.05, 4.69) is 0 Å². The number of carboxylic acid groups (broad SMARTS) is 1. The molecule has 42 heavy (non-hydrogen) atoms. The largest absolute Gasteiger partial charge is 0.479 e. The van der Waals surface area contributed by atoms with Gasteiger partial charge in [0.2, 0.25) is 17.4 Å². The van der Waals surface area contributed by atoms with Crippen molar-refractivity contribution in [2.75, 3.05) is 6.54 Å². The Labute approximate surface area is 248 Å². The van der Waals surface area contributed by atoms with E-state index in [-0.39, 0.29) is 24.4 Å². The van der Waals surface area contributed by atoms with Crippen LogP contribution in [-0.2, 0) is 14.4 Å². The van der Waals surface area contributed by atoms with Gasteiger partial charge in [-0.1, -0.05) is 115 Å². The highest BCUT2D eigenvalue weighted by Crippen LogP contribution is 2.63. The summed E-state index contributed by atoms with van der Waals surface area (Å²) in [6.45, 7) is 0.136. The molecule has 4 aromatic carbocycles. The second-order valence-electron chi connectivity index (χ2n) is 11.0. The number of piperidine rings is 2. The van der Waals surface area contributed by atoms with Crippen molar-refractivity contribution in [2.24, 2.45) is 0 Å². The summed E-state index contributed by atoms with van der Waals surface area (Å²) in [5.41, 5.74) is 2.65. The summed E-state index contributed by atoms with van der Waals surface area (Å²) in [7, 11) is 0. The zero-order valence-electron chi connectivity index (χ0n) is 22.6. The first-order valence-electron chi connectivity index (χ1n) is 13.9. The quantitative estimate of drug-likeness (QED) is 0.301. The Balaban J connectivity index is 1.26. The molecule has 4 aliphatic rings. The molecule has 4 aromatic rings. The van der Waals surface area contributed by atoms with Crippen molar-refractivity contribution in [2.45, 2.75) is 29.8 Å². The average Bonchev–Trinajstić information content (AvgIpc) is 3.58. The Morgan fingerprint density at radius 1 is 0.690 bits per heavy atom. The van der Waals surface area contributed by atoms with Crippen LogP contribution >= 0.6 is 11.6 Å².